The first-order valence-corrected chi connectivity index (χ1v) is 4.90. The summed E-state index contributed by atoms with van der Waals surface area (Å²) in [6, 6.07) is 0. The van der Waals surface area contributed by atoms with Crippen molar-refractivity contribution in [2.45, 2.75) is 39.7 Å². The molecule has 0 bridgehead atoms. The van der Waals surface area contributed by atoms with E-state index in [1.165, 1.54) is 0 Å². The number of allylic oxidation sites excluding steroid dienone is 1. The Morgan fingerprint density at radius 3 is 2.54 bits per heavy atom. The molecule has 0 aromatic heterocycles. The normalized spacial score (nSPS) is 15.0. The molecule has 0 N–H and O–H groups in total. The Labute approximate surface area is 81.0 Å². The third-order valence-electron chi connectivity index (χ3n) is 2.17. The van der Waals surface area contributed by atoms with Crippen LogP contribution in [0.4, 0.5) is 0 Å². The van der Waals surface area contributed by atoms with Gasteiger partial charge in [-0.2, -0.15) is 0 Å². The van der Waals surface area contributed by atoms with E-state index < -0.39 is 0 Å². The van der Waals surface area contributed by atoms with Gasteiger partial charge in [0.25, 0.3) is 0 Å². The van der Waals surface area contributed by atoms with Gasteiger partial charge in [0.05, 0.1) is 6.10 Å². The highest BCUT2D eigenvalue weighted by molar-refractivity contribution is 5.71. The van der Waals surface area contributed by atoms with Crippen LogP contribution in [0.25, 0.3) is 0 Å². The molecule has 0 aromatic rings. The first-order chi connectivity index (χ1) is 6.15. The second kappa shape index (κ2) is 6.84. The summed E-state index contributed by atoms with van der Waals surface area (Å²) in [6.45, 7) is 10.6. The van der Waals surface area contributed by atoms with Crippen molar-refractivity contribution < 1.29 is 9.53 Å². The van der Waals surface area contributed by atoms with E-state index in [0.29, 0.717) is 11.5 Å². The molecule has 13 heavy (non-hydrogen) atoms. The van der Waals surface area contributed by atoms with Crippen LogP contribution >= 0.6 is 0 Å². The molecule has 0 heterocycles. The van der Waals surface area contributed by atoms with Crippen molar-refractivity contribution in [1.29, 1.82) is 0 Å². The summed E-state index contributed by atoms with van der Waals surface area (Å²) in [4.78, 5) is 10.4. The number of ether oxygens (including phenoxy) is 1. The van der Waals surface area contributed by atoms with Gasteiger partial charge in [-0.1, -0.05) is 20.4 Å². The maximum atomic E-state index is 10.4. The minimum atomic E-state index is 0.252. The van der Waals surface area contributed by atoms with Crippen LogP contribution in [0.5, 0.6) is 0 Å². The minimum Gasteiger partial charge on any atom is -0.378 e. The Morgan fingerprint density at radius 2 is 2.15 bits per heavy atom. The van der Waals surface area contributed by atoms with Gasteiger partial charge in [-0.25, -0.2) is 0 Å². The first-order valence-electron chi connectivity index (χ1n) is 4.90. The lowest BCUT2D eigenvalue weighted by Crippen LogP contribution is -2.21. The largest absolute Gasteiger partial charge is 0.378 e. The molecule has 0 saturated carbocycles. The zero-order valence-electron chi connectivity index (χ0n) is 8.88. The lowest BCUT2D eigenvalue weighted by atomic mass is 9.95. The van der Waals surface area contributed by atoms with Crippen LogP contribution in [-0.4, -0.2) is 19.0 Å². The second-order valence-electron chi connectivity index (χ2n) is 3.36. The summed E-state index contributed by atoms with van der Waals surface area (Å²) in [6.07, 6.45) is 2.81. The van der Waals surface area contributed by atoms with Gasteiger partial charge in [-0.3, -0.25) is 4.79 Å². The summed E-state index contributed by atoms with van der Waals surface area (Å²) in [7, 11) is 0. The molecule has 2 heteroatoms. The standard InChI is InChI=1S/C11H20O2/c1-5-11(13-6-2)10(4)7-9(3)8-12/h8,10-11H,3,5-7H2,1-2,4H3. The molecule has 0 aromatic carbocycles. The van der Waals surface area contributed by atoms with E-state index in [-0.39, 0.29) is 6.10 Å². The van der Waals surface area contributed by atoms with Crippen LogP contribution in [0, 0.1) is 5.92 Å². The SMILES string of the molecule is C=C(C=O)CC(C)C(CC)OCC. The Bertz CT molecular complexity index is 163. The van der Waals surface area contributed by atoms with E-state index >= 15 is 0 Å². The highest BCUT2D eigenvalue weighted by atomic mass is 16.5. The van der Waals surface area contributed by atoms with Crippen LogP contribution in [0.2, 0.25) is 0 Å². The number of aldehydes is 1. The highest BCUT2D eigenvalue weighted by Gasteiger charge is 2.15. The maximum absolute atomic E-state index is 10.4. The first kappa shape index (κ1) is 12.4. The number of hydrogen-bond donors (Lipinski definition) is 0. The Kier molecular flexibility index (Phi) is 6.51. The summed E-state index contributed by atoms with van der Waals surface area (Å²) in [5.74, 6) is 0.377. The predicted octanol–water partition coefficient (Wildman–Crippen LogP) is 2.58. The summed E-state index contributed by atoms with van der Waals surface area (Å²) in [5, 5.41) is 0. The monoisotopic (exact) mass is 184 g/mol. The average molecular weight is 184 g/mol. The zero-order valence-corrected chi connectivity index (χ0v) is 8.88. The number of rotatable bonds is 7. The van der Waals surface area contributed by atoms with Crippen LogP contribution < -0.4 is 0 Å². The van der Waals surface area contributed by atoms with E-state index in [2.05, 4.69) is 20.4 Å². The van der Waals surface area contributed by atoms with Crippen LogP contribution in [0.3, 0.4) is 0 Å². The second-order valence-corrected chi connectivity index (χ2v) is 3.36. The minimum absolute atomic E-state index is 0.252. The summed E-state index contributed by atoms with van der Waals surface area (Å²) in [5.41, 5.74) is 0.658. The van der Waals surface area contributed by atoms with Crippen molar-refractivity contribution in [1.82, 2.24) is 0 Å². The van der Waals surface area contributed by atoms with Gasteiger partial charge < -0.3 is 4.74 Å². The van der Waals surface area contributed by atoms with E-state index in [1.807, 2.05) is 6.92 Å². The topological polar surface area (TPSA) is 26.3 Å². The van der Waals surface area contributed by atoms with Gasteiger partial charge in [-0.15, -0.1) is 0 Å². The molecular weight excluding hydrogens is 164 g/mol. The van der Waals surface area contributed by atoms with Crippen molar-refractivity contribution in [3.63, 3.8) is 0 Å². The molecule has 0 spiro atoms. The van der Waals surface area contributed by atoms with Crippen molar-refractivity contribution in [2.75, 3.05) is 6.61 Å². The van der Waals surface area contributed by atoms with Gasteiger partial charge in [0.2, 0.25) is 0 Å². The fourth-order valence-electron chi connectivity index (χ4n) is 1.49. The molecule has 0 radical (unpaired) electrons. The molecule has 0 rings (SSSR count). The third-order valence-corrected chi connectivity index (χ3v) is 2.17. The van der Waals surface area contributed by atoms with E-state index in [1.54, 1.807) is 0 Å². The molecule has 0 aliphatic carbocycles. The van der Waals surface area contributed by atoms with Crippen LogP contribution in [-0.2, 0) is 9.53 Å². The van der Waals surface area contributed by atoms with E-state index in [4.69, 9.17) is 4.74 Å². The van der Waals surface area contributed by atoms with E-state index in [9.17, 15) is 4.79 Å². The number of carbonyl (C=O) groups excluding carboxylic acids is 1. The Balaban J connectivity index is 3.96. The predicted molar refractivity (Wildman–Crippen MR) is 54.7 cm³/mol. The molecule has 76 valence electrons. The third kappa shape index (κ3) is 4.83. The fraction of sp³-hybridized carbons (Fsp3) is 0.727. The number of hydrogen-bond acceptors (Lipinski definition) is 2. The molecule has 0 saturated heterocycles. The Hall–Kier alpha value is -0.630. The van der Waals surface area contributed by atoms with Gasteiger partial charge in [-0.05, 0) is 31.3 Å². The van der Waals surface area contributed by atoms with Crippen LogP contribution in [0.15, 0.2) is 12.2 Å². The van der Waals surface area contributed by atoms with Crippen molar-refractivity contribution in [3.8, 4) is 0 Å². The summed E-state index contributed by atoms with van der Waals surface area (Å²) >= 11 is 0. The van der Waals surface area contributed by atoms with E-state index in [0.717, 1.165) is 25.7 Å². The molecule has 0 amide bonds. The van der Waals surface area contributed by atoms with Gasteiger partial charge in [0.1, 0.15) is 6.29 Å². The zero-order chi connectivity index (χ0) is 10.3. The average Bonchev–Trinajstić information content (AvgIpc) is 2.13. The molecule has 0 aliphatic heterocycles. The fourth-order valence-corrected chi connectivity index (χ4v) is 1.49. The molecule has 2 atom stereocenters. The van der Waals surface area contributed by atoms with Gasteiger partial charge in [0.15, 0.2) is 0 Å². The highest BCUT2D eigenvalue weighted by Crippen LogP contribution is 2.17. The van der Waals surface area contributed by atoms with Crippen molar-refractivity contribution in [3.05, 3.63) is 12.2 Å². The molecule has 2 unspecified atom stereocenters. The molecular formula is C11H20O2. The Morgan fingerprint density at radius 1 is 1.54 bits per heavy atom. The number of carbonyl (C=O) groups is 1. The molecule has 0 aliphatic rings. The molecule has 0 fully saturated rings. The maximum Gasteiger partial charge on any atom is 0.145 e. The quantitative estimate of drug-likeness (QED) is 0.449. The van der Waals surface area contributed by atoms with Gasteiger partial charge >= 0.3 is 0 Å². The van der Waals surface area contributed by atoms with Crippen molar-refractivity contribution in [2.24, 2.45) is 5.92 Å². The van der Waals surface area contributed by atoms with Crippen LogP contribution in [0.1, 0.15) is 33.6 Å². The smallest absolute Gasteiger partial charge is 0.145 e. The summed E-state index contributed by atoms with van der Waals surface area (Å²) < 4.78 is 5.54. The molecule has 2 nitrogen and oxygen atoms in total. The van der Waals surface area contributed by atoms with Crippen molar-refractivity contribution >= 4 is 6.29 Å². The lowest BCUT2D eigenvalue weighted by molar-refractivity contribution is -0.105. The lowest BCUT2D eigenvalue weighted by Gasteiger charge is -2.22. The van der Waals surface area contributed by atoms with Gasteiger partial charge in [0, 0.05) is 6.61 Å².